The lowest BCUT2D eigenvalue weighted by molar-refractivity contribution is 0.347. The molecule has 0 saturated carbocycles. The lowest BCUT2D eigenvalue weighted by atomic mass is 10.2. The predicted octanol–water partition coefficient (Wildman–Crippen LogP) is 4.86. The average Bonchev–Trinajstić information content (AvgIpc) is 3.03. The first-order chi connectivity index (χ1) is 11.5. The molecule has 2 aromatic rings. The summed E-state index contributed by atoms with van der Waals surface area (Å²) < 4.78 is 0. The second kappa shape index (κ2) is 9.37. The van der Waals surface area contributed by atoms with Crippen molar-refractivity contribution in [3.05, 3.63) is 51.2 Å². The molecule has 0 amide bonds. The summed E-state index contributed by atoms with van der Waals surface area (Å²) in [6.07, 6.45) is 1.06. The fraction of sp³-hybridized carbons (Fsp3) is 0.389. The van der Waals surface area contributed by atoms with Crippen molar-refractivity contribution in [1.29, 1.82) is 0 Å². The topological polar surface area (TPSA) is 18.5 Å². The molecule has 3 nitrogen and oxygen atoms in total. The van der Waals surface area contributed by atoms with Crippen LogP contribution in [0.15, 0.2) is 35.7 Å². The molecule has 1 heterocycles. The number of nitrogens with one attached hydrogen (secondary N) is 1. The van der Waals surface area contributed by atoms with Crippen molar-refractivity contribution in [2.24, 2.45) is 0 Å². The first-order valence-electron chi connectivity index (χ1n) is 7.95. The van der Waals surface area contributed by atoms with Crippen LogP contribution in [0.3, 0.4) is 0 Å². The van der Waals surface area contributed by atoms with Crippen LogP contribution in [0, 0.1) is 6.92 Å². The minimum absolute atomic E-state index is 0.743. The quantitative estimate of drug-likeness (QED) is 0.690. The van der Waals surface area contributed by atoms with Crippen LogP contribution in [0.2, 0.25) is 5.02 Å². The van der Waals surface area contributed by atoms with Gasteiger partial charge in [0.15, 0.2) is 5.11 Å². The molecule has 0 spiro atoms. The molecule has 0 aliphatic rings. The predicted molar refractivity (Wildman–Crippen MR) is 110 cm³/mol. The highest BCUT2D eigenvalue weighted by atomic mass is 35.5. The monoisotopic (exact) mass is 381 g/mol. The Morgan fingerprint density at radius 2 is 2.00 bits per heavy atom. The van der Waals surface area contributed by atoms with Crippen LogP contribution in [0.1, 0.15) is 16.9 Å². The van der Waals surface area contributed by atoms with Gasteiger partial charge in [0.25, 0.3) is 0 Å². The molecule has 0 unspecified atom stereocenters. The van der Waals surface area contributed by atoms with E-state index in [4.69, 9.17) is 23.8 Å². The number of halogens is 1. The van der Waals surface area contributed by atoms with Crippen LogP contribution >= 0.6 is 35.2 Å². The molecule has 0 bridgehead atoms. The van der Waals surface area contributed by atoms with Gasteiger partial charge in [-0.2, -0.15) is 0 Å². The lowest BCUT2D eigenvalue weighted by Gasteiger charge is -2.26. The molecule has 0 aliphatic heterocycles. The summed E-state index contributed by atoms with van der Waals surface area (Å²) in [6.45, 7) is 4.79. The summed E-state index contributed by atoms with van der Waals surface area (Å²) in [4.78, 5) is 5.73. The third-order valence-electron chi connectivity index (χ3n) is 3.76. The van der Waals surface area contributed by atoms with E-state index in [9.17, 15) is 0 Å². The van der Waals surface area contributed by atoms with Crippen LogP contribution in [0.5, 0.6) is 0 Å². The zero-order valence-corrected chi connectivity index (χ0v) is 16.8. The van der Waals surface area contributed by atoms with Crippen molar-refractivity contribution < 1.29 is 0 Å². The van der Waals surface area contributed by atoms with Gasteiger partial charge in [0, 0.05) is 22.1 Å². The Morgan fingerprint density at radius 3 is 2.67 bits per heavy atom. The first-order valence-corrected chi connectivity index (χ1v) is 9.62. The number of hydrogen-bond acceptors (Lipinski definition) is 3. The van der Waals surface area contributed by atoms with E-state index in [-0.39, 0.29) is 0 Å². The average molecular weight is 382 g/mol. The fourth-order valence-corrected chi connectivity index (χ4v) is 3.52. The van der Waals surface area contributed by atoms with Crippen LogP contribution < -0.4 is 5.32 Å². The van der Waals surface area contributed by atoms with Crippen molar-refractivity contribution in [3.63, 3.8) is 0 Å². The third kappa shape index (κ3) is 5.74. The number of anilines is 1. The highest BCUT2D eigenvalue weighted by Crippen LogP contribution is 2.23. The molecule has 6 heteroatoms. The largest absolute Gasteiger partial charge is 0.344 e. The zero-order chi connectivity index (χ0) is 17.5. The molecule has 24 heavy (non-hydrogen) atoms. The van der Waals surface area contributed by atoms with Gasteiger partial charge in [-0.05, 0) is 75.3 Å². The van der Waals surface area contributed by atoms with Crippen LogP contribution in [0.25, 0.3) is 0 Å². The van der Waals surface area contributed by atoms with Gasteiger partial charge in [0.05, 0.1) is 6.54 Å². The molecular weight excluding hydrogens is 358 g/mol. The van der Waals surface area contributed by atoms with E-state index in [2.05, 4.69) is 46.7 Å². The number of nitrogens with zero attached hydrogens (tertiary/aromatic N) is 2. The first kappa shape index (κ1) is 19.2. The van der Waals surface area contributed by atoms with E-state index in [0.717, 1.165) is 47.4 Å². The van der Waals surface area contributed by atoms with Crippen molar-refractivity contribution >= 4 is 46.0 Å². The Bertz CT molecular complexity index is 656. The minimum Gasteiger partial charge on any atom is -0.344 e. The van der Waals surface area contributed by atoms with Gasteiger partial charge in [-0.25, -0.2) is 0 Å². The minimum atomic E-state index is 0.743. The number of rotatable bonds is 7. The van der Waals surface area contributed by atoms with E-state index in [0.29, 0.717) is 0 Å². The molecule has 2 rings (SSSR count). The summed E-state index contributed by atoms with van der Waals surface area (Å²) in [5, 5.41) is 6.96. The van der Waals surface area contributed by atoms with E-state index in [1.165, 1.54) is 4.88 Å². The molecule has 0 radical (unpaired) electrons. The maximum atomic E-state index is 6.21. The Kier molecular flexibility index (Phi) is 7.49. The summed E-state index contributed by atoms with van der Waals surface area (Å²) >= 11 is 13.6. The van der Waals surface area contributed by atoms with Crippen molar-refractivity contribution in [1.82, 2.24) is 9.80 Å². The number of thiophene rings is 1. The van der Waals surface area contributed by atoms with Gasteiger partial charge in [0.1, 0.15) is 0 Å². The molecule has 0 saturated heterocycles. The van der Waals surface area contributed by atoms with Crippen molar-refractivity contribution in [2.75, 3.05) is 32.5 Å². The van der Waals surface area contributed by atoms with E-state index < -0.39 is 0 Å². The van der Waals surface area contributed by atoms with E-state index in [1.807, 2.05) is 25.1 Å². The normalized spacial score (nSPS) is 10.9. The Labute approximate surface area is 159 Å². The molecule has 0 fully saturated rings. The maximum absolute atomic E-state index is 6.21. The van der Waals surface area contributed by atoms with Gasteiger partial charge in [-0.1, -0.05) is 23.7 Å². The molecular formula is C18H24ClN3S2. The summed E-state index contributed by atoms with van der Waals surface area (Å²) in [5.74, 6) is 0. The summed E-state index contributed by atoms with van der Waals surface area (Å²) in [5.41, 5.74) is 1.99. The van der Waals surface area contributed by atoms with Gasteiger partial charge in [0.2, 0.25) is 0 Å². The van der Waals surface area contributed by atoms with E-state index in [1.54, 1.807) is 11.3 Å². The third-order valence-corrected chi connectivity index (χ3v) is 5.39. The Hall–Kier alpha value is -1.14. The second-order valence-electron chi connectivity index (χ2n) is 6.00. The second-order valence-corrected chi connectivity index (χ2v) is 7.83. The summed E-state index contributed by atoms with van der Waals surface area (Å²) in [7, 11) is 4.19. The summed E-state index contributed by atoms with van der Waals surface area (Å²) in [6, 6.07) is 10.1. The van der Waals surface area contributed by atoms with Crippen LogP contribution in [0.4, 0.5) is 5.69 Å². The zero-order valence-electron chi connectivity index (χ0n) is 14.4. The fourth-order valence-electron chi connectivity index (χ4n) is 2.36. The Morgan fingerprint density at radius 1 is 1.21 bits per heavy atom. The molecule has 0 atom stereocenters. The van der Waals surface area contributed by atoms with Crippen LogP contribution in [-0.2, 0) is 6.54 Å². The lowest BCUT2D eigenvalue weighted by Crippen LogP contribution is -2.36. The van der Waals surface area contributed by atoms with Crippen LogP contribution in [-0.4, -0.2) is 42.1 Å². The highest BCUT2D eigenvalue weighted by Gasteiger charge is 2.13. The highest BCUT2D eigenvalue weighted by molar-refractivity contribution is 7.80. The standard InChI is InChI=1S/C18H24ClN3S2/c1-14-16(19)8-4-9-17(14)20-18(23)22(11-6-10-21(2)3)13-15-7-5-12-24-15/h4-5,7-9,12H,6,10-11,13H2,1-3H3,(H,20,23). The molecule has 1 aromatic carbocycles. The molecule has 1 aromatic heterocycles. The van der Waals surface area contributed by atoms with Gasteiger partial charge in [-0.15, -0.1) is 11.3 Å². The smallest absolute Gasteiger partial charge is 0.173 e. The van der Waals surface area contributed by atoms with Gasteiger partial charge < -0.3 is 15.1 Å². The molecule has 1 N–H and O–H groups in total. The van der Waals surface area contributed by atoms with Crippen molar-refractivity contribution in [3.8, 4) is 0 Å². The maximum Gasteiger partial charge on any atom is 0.173 e. The number of hydrogen-bond donors (Lipinski definition) is 1. The van der Waals surface area contributed by atoms with Crippen molar-refractivity contribution in [2.45, 2.75) is 19.9 Å². The SMILES string of the molecule is Cc1c(Cl)cccc1NC(=S)N(CCCN(C)C)Cc1cccs1. The molecule has 130 valence electrons. The Balaban J connectivity index is 2.06. The van der Waals surface area contributed by atoms with Gasteiger partial charge >= 0.3 is 0 Å². The molecule has 0 aliphatic carbocycles. The number of benzene rings is 1. The van der Waals surface area contributed by atoms with Gasteiger partial charge in [-0.3, -0.25) is 0 Å². The van der Waals surface area contributed by atoms with E-state index >= 15 is 0 Å². The number of thiocarbonyl (C=S) groups is 1.